The smallest absolute Gasteiger partial charge is 0.351 e. The number of methoxy groups -OCH3 is 1. The third-order valence-corrected chi connectivity index (χ3v) is 2.51. The summed E-state index contributed by atoms with van der Waals surface area (Å²) >= 11 is 0. The molecule has 0 saturated carbocycles. The van der Waals surface area contributed by atoms with E-state index in [4.69, 9.17) is 9.47 Å². The Morgan fingerprint density at radius 1 is 0.944 bits per heavy atom. The molecule has 0 N–H and O–H groups in total. The molecule has 1 atom stereocenters. The minimum atomic E-state index is -0.737. The van der Waals surface area contributed by atoms with E-state index in [1.165, 1.54) is 7.11 Å². The zero-order valence-corrected chi connectivity index (χ0v) is 10.1. The third kappa shape index (κ3) is 2.88. The lowest BCUT2D eigenvalue weighted by Crippen LogP contribution is -2.20. The molecule has 92 valence electrons. The summed E-state index contributed by atoms with van der Waals surface area (Å²) in [6.07, 6.45) is -0.737. The molecular weight excluding hydrogens is 228 g/mol. The predicted octanol–water partition coefficient (Wildman–Crippen LogP) is 2.98. The van der Waals surface area contributed by atoms with Crippen LogP contribution in [0.15, 0.2) is 60.7 Å². The average Bonchev–Trinajstić information content (AvgIpc) is 2.46. The van der Waals surface area contributed by atoms with Crippen LogP contribution in [0.4, 0.5) is 0 Å². The van der Waals surface area contributed by atoms with Gasteiger partial charge in [-0.3, -0.25) is 0 Å². The van der Waals surface area contributed by atoms with Crippen LogP contribution in [0, 0.1) is 0 Å². The van der Waals surface area contributed by atoms with Crippen molar-refractivity contribution in [3.8, 4) is 5.75 Å². The Kier molecular flexibility index (Phi) is 3.97. The number of para-hydroxylation sites is 1. The van der Waals surface area contributed by atoms with Crippen LogP contribution in [-0.2, 0) is 9.53 Å². The lowest BCUT2D eigenvalue weighted by Gasteiger charge is -2.17. The number of rotatable bonds is 4. The second kappa shape index (κ2) is 5.87. The molecule has 3 heteroatoms. The van der Waals surface area contributed by atoms with Crippen LogP contribution >= 0.6 is 0 Å². The Hall–Kier alpha value is -2.29. The van der Waals surface area contributed by atoms with Crippen molar-refractivity contribution >= 4 is 5.97 Å². The van der Waals surface area contributed by atoms with E-state index < -0.39 is 12.1 Å². The average molecular weight is 242 g/mol. The molecule has 2 aromatic carbocycles. The summed E-state index contributed by atoms with van der Waals surface area (Å²) in [6.45, 7) is 0. The summed E-state index contributed by atoms with van der Waals surface area (Å²) in [6, 6.07) is 18.5. The number of hydrogen-bond donors (Lipinski definition) is 0. The van der Waals surface area contributed by atoms with E-state index in [9.17, 15) is 4.79 Å². The third-order valence-electron chi connectivity index (χ3n) is 2.51. The van der Waals surface area contributed by atoms with E-state index in [-0.39, 0.29) is 0 Å². The summed E-state index contributed by atoms with van der Waals surface area (Å²) in [7, 11) is 1.35. The SMILES string of the molecule is COC(=O)[C@@H](Oc1ccccc1)c1ccccc1. The van der Waals surface area contributed by atoms with Gasteiger partial charge in [0.15, 0.2) is 0 Å². The Morgan fingerprint density at radius 2 is 1.50 bits per heavy atom. The Bertz CT molecular complexity index is 494. The number of esters is 1. The van der Waals surface area contributed by atoms with Gasteiger partial charge in [-0.1, -0.05) is 48.5 Å². The molecule has 3 nitrogen and oxygen atoms in total. The van der Waals surface area contributed by atoms with Crippen LogP contribution < -0.4 is 4.74 Å². The number of carbonyl (C=O) groups is 1. The molecule has 18 heavy (non-hydrogen) atoms. The van der Waals surface area contributed by atoms with E-state index in [2.05, 4.69) is 0 Å². The van der Waals surface area contributed by atoms with Crippen LogP contribution in [0.3, 0.4) is 0 Å². The highest BCUT2D eigenvalue weighted by Crippen LogP contribution is 2.22. The van der Waals surface area contributed by atoms with E-state index in [1.54, 1.807) is 12.1 Å². The van der Waals surface area contributed by atoms with Gasteiger partial charge in [0.25, 0.3) is 0 Å². The molecule has 2 aromatic rings. The van der Waals surface area contributed by atoms with E-state index in [1.807, 2.05) is 48.5 Å². The van der Waals surface area contributed by atoms with Crippen molar-refractivity contribution < 1.29 is 14.3 Å². The van der Waals surface area contributed by atoms with E-state index in [0.717, 1.165) is 5.56 Å². The minimum absolute atomic E-state index is 0.412. The first-order valence-electron chi connectivity index (χ1n) is 5.66. The van der Waals surface area contributed by atoms with Gasteiger partial charge in [-0.05, 0) is 12.1 Å². The molecule has 0 saturated heterocycles. The van der Waals surface area contributed by atoms with Gasteiger partial charge in [0.1, 0.15) is 5.75 Å². The van der Waals surface area contributed by atoms with Gasteiger partial charge in [0.05, 0.1) is 7.11 Å². The summed E-state index contributed by atoms with van der Waals surface area (Å²) in [5.74, 6) is 0.224. The van der Waals surface area contributed by atoms with Gasteiger partial charge in [0, 0.05) is 5.56 Å². The van der Waals surface area contributed by atoms with Crippen molar-refractivity contribution in [2.45, 2.75) is 6.10 Å². The molecule has 0 radical (unpaired) electrons. The van der Waals surface area contributed by atoms with Crippen LogP contribution in [0.5, 0.6) is 5.75 Å². The Balaban J connectivity index is 2.24. The molecule has 2 rings (SSSR count). The molecular formula is C15H14O3. The topological polar surface area (TPSA) is 35.5 Å². The molecule has 0 aliphatic carbocycles. The van der Waals surface area contributed by atoms with Crippen molar-refractivity contribution in [3.63, 3.8) is 0 Å². The molecule has 0 fully saturated rings. The van der Waals surface area contributed by atoms with Crippen molar-refractivity contribution in [2.24, 2.45) is 0 Å². The fraction of sp³-hybridized carbons (Fsp3) is 0.133. The highest BCUT2D eigenvalue weighted by molar-refractivity contribution is 5.76. The molecule has 0 spiro atoms. The largest absolute Gasteiger partial charge is 0.474 e. The maximum Gasteiger partial charge on any atom is 0.351 e. The highest BCUT2D eigenvalue weighted by Gasteiger charge is 2.23. The maximum atomic E-state index is 11.8. The Labute approximate surface area is 106 Å². The predicted molar refractivity (Wildman–Crippen MR) is 68.3 cm³/mol. The number of benzene rings is 2. The fourth-order valence-electron chi connectivity index (χ4n) is 1.62. The van der Waals surface area contributed by atoms with Crippen molar-refractivity contribution in [1.29, 1.82) is 0 Å². The van der Waals surface area contributed by atoms with Crippen LogP contribution in [0.25, 0.3) is 0 Å². The van der Waals surface area contributed by atoms with Gasteiger partial charge in [-0.2, -0.15) is 0 Å². The monoisotopic (exact) mass is 242 g/mol. The van der Waals surface area contributed by atoms with Gasteiger partial charge in [-0.15, -0.1) is 0 Å². The van der Waals surface area contributed by atoms with Crippen LogP contribution in [0.2, 0.25) is 0 Å². The van der Waals surface area contributed by atoms with Gasteiger partial charge >= 0.3 is 5.97 Å². The normalized spacial score (nSPS) is 11.6. The fourth-order valence-corrected chi connectivity index (χ4v) is 1.62. The quantitative estimate of drug-likeness (QED) is 0.773. The zero-order chi connectivity index (χ0) is 12.8. The van der Waals surface area contributed by atoms with Crippen molar-refractivity contribution in [1.82, 2.24) is 0 Å². The van der Waals surface area contributed by atoms with Gasteiger partial charge in [-0.25, -0.2) is 4.79 Å². The molecule has 0 amide bonds. The number of carbonyl (C=O) groups excluding carboxylic acids is 1. The van der Waals surface area contributed by atoms with Crippen LogP contribution in [0.1, 0.15) is 11.7 Å². The molecule has 0 aliphatic rings. The first-order chi connectivity index (χ1) is 8.81. The Morgan fingerprint density at radius 3 is 2.06 bits per heavy atom. The summed E-state index contributed by atoms with van der Waals surface area (Å²) in [5.41, 5.74) is 0.771. The minimum Gasteiger partial charge on any atom is -0.474 e. The van der Waals surface area contributed by atoms with E-state index >= 15 is 0 Å². The molecule has 0 aromatic heterocycles. The number of hydrogen-bond acceptors (Lipinski definition) is 3. The molecule has 0 heterocycles. The van der Waals surface area contributed by atoms with Crippen molar-refractivity contribution in [3.05, 3.63) is 66.2 Å². The summed E-state index contributed by atoms with van der Waals surface area (Å²) in [5, 5.41) is 0. The second-order valence-corrected chi connectivity index (χ2v) is 3.74. The zero-order valence-electron chi connectivity index (χ0n) is 10.1. The van der Waals surface area contributed by atoms with Gasteiger partial charge < -0.3 is 9.47 Å². The first-order valence-corrected chi connectivity index (χ1v) is 5.66. The highest BCUT2D eigenvalue weighted by atomic mass is 16.6. The summed E-state index contributed by atoms with van der Waals surface area (Å²) < 4.78 is 10.5. The second-order valence-electron chi connectivity index (χ2n) is 3.74. The van der Waals surface area contributed by atoms with Crippen molar-refractivity contribution in [2.75, 3.05) is 7.11 Å². The summed E-state index contributed by atoms with van der Waals surface area (Å²) in [4.78, 5) is 11.8. The molecule has 0 aliphatic heterocycles. The first kappa shape index (κ1) is 12.2. The number of ether oxygens (including phenoxy) is 2. The molecule has 0 bridgehead atoms. The lowest BCUT2D eigenvalue weighted by atomic mass is 10.1. The van der Waals surface area contributed by atoms with Crippen LogP contribution in [-0.4, -0.2) is 13.1 Å². The lowest BCUT2D eigenvalue weighted by molar-refractivity contribution is -0.149. The van der Waals surface area contributed by atoms with Gasteiger partial charge in [0.2, 0.25) is 6.10 Å². The standard InChI is InChI=1S/C15H14O3/c1-17-15(16)14(12-8-4-2-5-9-12)18-13-10-6-3-7-11-13/h2-11,14H,1H3/t14-/m0/s1. The van der Waals surface area contributed by atoms with E-state index in [0.29, 0.717) is 5.75 Å². The molecule has 0 unspecified atom stereocenters. The maximum absolute atomic E-state index is 11.8.